The predicted octanol–water partition coefficient (Wildman–Crippen LogP) is 0.634. The van der Waals surface area contributed by atoms with Gasteiger partial charge in [0.25, 0.3) is 0 Å². The Morgan fingerprint density at radius 3 is 2.40 bits per heavy atom. The van der Waals surface area contributed by atoms with Gasteiger partial charge >= 0.3 is 5.97 Å². The molecule has 0 radical (unpaired) electrons. The first-order chi connectivity index (χ1) is 6.93. The molecule has 0 aliphatic carbocycles. The van der Waals surface area contributed by atoms with Gasteiger partial charge in [-0.1, -0.05) is 6.07 Å². The number of aliphatic hydroxyl groups excluding tert-OH is 2. The minimum absolute atomic E-state index is 0.0317. The fourth-order valence-corrected chi connectivity index (χ4v) is 1.42. The number of phenols is 1. The maximum atomic E-state index is 10.4. The lowest BCUT2D eigenvalue weighted by atomic mass is 10.0. The minimum Gasteiger partial charge on any atom is -0.507 e. The molecule has 0 heterocycles. The van der Waals surface area contributed by atoms with Gasteiger partial charge in [-0.25, -0.2) is 4.79 Å². The van der Waals surface area contributed by atoms with Crippen molar-refractivity contribution >= 4 is 21.9 Å². The van der Waals surface area contributed by atoms with Crippen molar-refractivity contribution in [2.24, 2.45) is 0 Å². The van der Waals surface area contributed by atoms with Crippen molar-refractivity contribution in [1.82, 2.24) is 0 Å². The summed E-state index contributed by atoms with van der Waals surface area (Å²) < 4.78 is 0.316. The Morgan fingerprint density at radius 1 is 1.33 bits per heavy atom. The summed E-state index contributed by atoms with van der Waals surface area (Å²) in [7, 11) is 0. The van der Waals surface area contributed by atoms with Crippen molar-refractivity contribution in [2.75, 3.05) is 0 Å². The van der Waals surface area contributed by atoms with E-state index in [0.717, 1.165) is 0 Å². The number of aliphatic carboxylic acids is 1. The number of aliphatic hydroxyl groups is 2. The van der Waals surface area contributed by atoms with Crippen molar-refractivity contribution in [1.29, 1.82) is 0 Å². The van der Waals surface area contributed by atoms with E-state index in [1.54, 1.807) is 0 Å². The molecule has 0 saturated heterocycles. The SMILES string of the molecule is O=C(O)C(O)C(O)c1ccc(O)c(Br)c1. The van der Waals surface area contributed by atoms with Crippen LogP contribution in [-0.4, -0.2) is 32.5 Å². The zero-order valence-corrected chi connectivity index (χ0v) is 9.05. The molecular formula is C9H9BrO5. The quantitative estimate of drug-likeness (QED) is 0.649. The lowest BCUT2D eigenvalue weighted by Gasteiger charge is -2.14. The lowest BCUT2D eigenvalue weighted by Crippen LogP contribution is -2.27. The van der Waals surface area contributed by atoms with Crippen molar-refractivity contribution in [2.45, 2.75) is 12.2 Å². The van der Waals surface area contributed by atoms with Gasteiger partial charge in [-0.2, -0.15) is 0 Å². The number of hydrogen-bond acceptors (Lipinski definition) is 4. The van der Waals surface area contributed by atoms with Crippen LogP contribution in [0, 0.1) is 0 Å². The lowest BCUT2D eigenvalue weighted by molar-refractivity contribution is -0.153. The van der Waals surface area contributed by atoms with E-state index in [4.69, 9.17) is 15.3 Å². The van der Waals surface area contributed by atoms with Crippen molar-refractivity contribution < 1.29 is 25.2 Å². The molecule has 0 aromatic heterocycles. The molecule has 0 aliphatic rings. The summed E-state index contributed by atoms with van der Waals surface area (Å²) in [5.74, 6) is -1.54. The van der Waals surface area contributed by atoms with Crippen LogP contribution in [-0.2, 0) is 4.79 Å². The standard InChI is InChI=1S/C9H9BrO5/c10-5-3-4(1-2-6(5)11)7(12)8(13)9(14)15/h1-3,7-8,11-13H,(H,14,15). The topological polar surface area (TPSA) is 98.0 Å². The van der Waals surface area contributed by atoms with Crippen LogP contribution in [0.15, 0.2) is 22.7 Å². The van der Waals surface area contributed by atoms with E-state index in [2.05, 4.69) is 15.9 Å². The third kappa shape index (κ3) is 2.68. The van der Waals surface area contributed by atoms with E-state index in [0.29, 0.717) is 4.47 Å². The first kappa shape index (κ1) is 12.0. The van der Waals surface area contributed by atoms with Crippen molar-refractivity contribution in [3.63, 3.8) is 0 Å². The van der Waals surface area contributed by atoms with Crippen LogP contribution in [0.3, 0.4) is 0 Å². The third-order valence-electron chi connectivity index (χ3n) is 1.87. The molecule has 2 atom stereocenters. The number of carbonyl (C=O) groups is 1. The number of aromatic hydroxyl groups is 1. The van der Waals surface area contributed by atoms with E-state index in [1.807, 2.05) is 0 Å². The zero-order valence-electron chi connectivity index (χ0n) is 7.46. The summed E-state index contributed by atoms with van der Waals surface area (Å²) in [6, 6.07) is 3.96. The van der Waals surface area contributed by atoms with Crippen LogP contribution in [0.5, 0.6) is 5.75 Å². The summed E-state index contributed by atoms with van der Waals surface area (Å²) in [5.41, 5.74) is 0.203. The first-order valence-electron chi connectivity index (χ1n) is 4.01. The van der Waals surface area contributed by atoms with Gasteiger partial charge in [-0.3, -0.25) is 0 Å². The molecule has 6 heteroatoms. The molecule has 0 fully saturated rings. The Bertz CT molecular complexity index is 379. The summed E-state index contributed by atoms with van der Waals surface area (Å²) in [6.45, 7) is 0. The molecule has 1 aromatic carbocycles. The van der Waals surface area contributed by atoms with Crippen LogP contribution < -0.4 is 0 Å². The zero-order chi connectivity index (χ0) is 11.6. The van der Waals surface area contributed by atoms with Crippen molar-refractivity contribution in [3.05, 3.63) is 28.2 Å². The van der Waals surface area contributed by atoms with Crippen molar-refractivity contribution in [3.8, 4) is 5.75 Å². The highest BCUT2D eigenvalue weighted by Crippen LogP contribution is 2.28. The molecule has 15 heavy (non-hydrogen) atoms. The Labute approximate surface area is 93.7 Å². The summed E-state index contributed by atoms with van der Waals surface area (Å²) in [6.07, 6.45) is -3.42. The molecule has 1 rings (SSSR count). The molecule has 5 nitrogen and oxygen atoms in total. The number of halogens is 1. The monoisotopic (exact) mass is 276 g/mol. The molecular weight excluding hydrogens is 268 g/mol. The third-order valence-corrected chi connectivity index (χ3v) is 2.50. The maximum Gasteiger partial charge on any atom is 0.335 e. The van der Waals surface area contributed by atoms with Gasteiger partial charge in [0.15, 0.2) is 6.10 Å². The van der Waals surface area contributed by atoms with Gasteiger partial charge in [0, 0.05) is 0 Å². The highest BCUT2D eigenvalue weighted by Gasteiger charge is 2.25. The highest BCUT2D eigenvalue weighted by molar-refractivity contribution is 9.10. The largest absolute Gasteiger partial charge is 0.507 e. The van der Waals surface area contributed by atoms with Crippen LogP contribution >= 0.6 is 15.9 Å². The van der Waals surface area contributed by atoms with Gasteiger partial charge < -0.3 is 20.4 Å². The number of carboxylic acids is 1. The van der Waals surface area contributed by atoms with Gasteiger partial charge in [0.1, 0.15) is 11.9 Å². The Hall–Kier alpha value is -1.11. The molecule has 4 N–H and O–H groups in total. The van der Waals surface area contributed by atoms with Crippen LogP contribution in [0.1, 0.15) is 11.7 Å². The Kier molecular flexibility index (Phi) is 3.67. The minimum atomic E-state index is -1.89. The molecule has 0 amide bonds. The van der Waals surface area contributed by atoms with E-state index < -0.39 is 18.2 Å². The molecule has 0 bridgehead atoms. The van der Waals surface area contributed by atoms with E-state index in [-0.39, 0.29) is 11.3 Å². The number of rotatable bonds is 3. The molecule has 1 aromatic rings. The molecule has 2 unspecified atom stereocenters. The second kappa shape index (κ2) is 4.61. The highest BCUT2D eigenvalue weighted by atomic mass is 79.9. The molecule has 0 aliphatic heterocycles. The molecule has 0 spiro atoms. The number of phenolic OH excluding ortho intramolecular Hbond substituents is 1. The summed E-state index contributed by atoms with van der Waals surface area (Å²) >= 11 is 3.01. The first-order valence-corrected chi connectivity index (χ1v) is 4.80. The smallest absolute Gasteiger partial charge is 0.335 e. The van der Waals surface area contributed by atoms with Gasteiger partial charge in [-0.15, -0.1) is 0 Å². The van der Waals surface area contributed by atoms with E-state index in [1.165, 1.54) is 18.2 Å². The average Bonchev–Trinajstić information content (AvgIpc) is 2.19. The van der Waals surface area contributed by atoms with Gasteiger partial charge in [0.05, 0.1) is 4.47 Å². The van der Waals surface area contributed by atoms with Gasteiger partial charge in [-0.05, 0) is 33.6 Å². The number of hydrogen-bond donors (Lipinski definition) is 4. The second-order valence-electron chi connectivity index (χ2n) is 2.94. The van der Waals surface area contributed by atoms with Crippen LogP contribution in [0.25, 0.3) is 0 Å². The van der Waals surface area contributed by atoms with Crippen LogP contribution in [0.4, 0.5) is 0 Å². The number of carboxylic acid groups (broad SMARTS) is 1. The normalized spacial score (nSPS) is 14.6. The summed E-state index contributed by atoms with van der Waals surface area (Å²) in [4.78, 5) is 10.4. The summed E-state index contributed by atoms with van der Waals surface area (Å²) in [5, 5.41) is 36.2. The molecule has 0 saturated carbocycles. The Morgan fingerprint density at radius 2 is 1.93 bits per heavy atom. The molecule has 82 valence electrons. The van der Waals surface area contributed by atoms with Gasteiger partial charge in [0.2, 0.25) is 0 Å². The average molecular weight is 277 g/mol. The maximum absolute atomic E-state index is 10.4. The number of benzene rings is 1. The predicted molar refractivity (Wildman–Crippen MR) is 54.4 cm³/mol. The fourth-order valence-electron chi connectivity index (χ4n) is 1.02. The van der Waals surface area contributed by atoms with Crippen LogP contribution in [0.2, 0.25) is 0 Å². The second-order valence-corrected chi connectivity index (χ2v) is 3.79. The van der Waals surface area contributed by atoms with E-state index >= 15 is 0 Å². The fraction of sp³-hybridized carbons (Fsp3) is 0.222. The van der Waals surface area contributed by atoms with E-state index in [9.17, 15) is 9.90 Å². The Balaban J connectivity index is 2.96.